The maximum Gasteiger partial charge on any atom is 0.241 e. The summed E-state index contributed by atoms with van der Waals surface area (Å²) in [5, 5.41) is 10.2. The zero-order chi connectivity index (χ0) is 13.0. The van der Waals surface area contributed by atoms with E-state index in [0.29, 0.717) is 5.92 Å². The van der Waals surface area contributed by atoms with Crippen LogP contribution in [0.25, 0.3) is 0 Å². The molecule has 1 unspecified atom stereocenters. The van der Waals surface area contributed by atoms with Gasteiger partial charge >= 0.3 is 0 Å². The van der Waals surface area contributed by atoms with Crippen molar-refractivity contribution in [2.45, 2.75) is 31.7 Å². The molecule has 0 bridgehead atoms. The van der Waals surface area contributed by atoms with Gasteiger partial charge < -0.3 is 10.6 Å². The molecule has 18 heavy (non-hydrogen) atoms. The van der Waals surface area contributed by atoms with Gasteiger partial charge in [-0.15, -0.1) is 0 Å². The lowest BCUT2D eigenvalue weighted by Gasteiger charge is -2.16. The predicted octanol–water partition coefficient (Wildman–Crippen LogP) is 0.987. The molecule has 1 amide bonds. The van der Waals surface area contributed by atoms with Gasteiger partial charge in [-0.25, -0.2) is 0 Å². The lowest BCUT2D eigenvalue weighted by Crippen LogP contribution is -2.37. The molecule has 1 aliphatic carbocycles. The third-order valence-electron chi connectivity index (χ3n) is 3.65. The van der Waals surface area contributed by atoms with E-state index >= 15 is 0 Å². The van der Waals surface area contributed by atoms with Crippen LogP contribution >= 0.6 is 0 Å². The first kappa shape index (κ1) is 13.1. The molecular weight excluding hydrogens is 228 g/mol. The molecule has 1 heterocycles. The van der Waals surface area contributed by atoms with Gasteiger partial charge in [0.1, 0.15) is 6.04 Å². The summed E-state index contributed by atoms with van der Waals surface area (Å²) < 4.78 is 1.71. The van der Waals surface area contributed by atoms with E-state index in [0.717, 1.165) is 12.1 Å². The number of aromatic nitrogens is 2. The Balaban J connectivity index is 1.89. The summed E-state index contributed by atoms with van der Waals surface area (Å²) >= 11 is 0. The molecule has 0 aliphatic heterocycles. The quantitative estimate of drug-likeness (QED) is 0.819. The number of hydrogen-bond donors (Lipinski definition) is 2. The lowest BCUT2D eigenvalue weighted by molar-refractivity contribution is -0.123. The fourth-order valence-corrected chi connectivity index (χ4v) is 2.60. The van der Waals surface area contributed by atoms with Gasteiger partial charge in [-0.3, -0.25) is 9.48 Å². The van der Waals surface area contributed by atoms with Crippen LogP contribution in [-0.2, 0) is 11.8 Å². The van der Waals surface area contributed by atoms with Crippen LogP contribution in [0, 0.1) is 5.92 Å². The van der Waals surface area contributed by atoms with Crippen molar-refractivity contribution in [3.8, 4) is 0 Å². The summed E-state index contributed by atoms with van der Waals surface area (Å²) in [4.78, 5) is 12.1. The fourth-order valence-electron chi connectivity index (χ4n) is 2.60. The van der Waals surface area contributed by atoms with Crippen LogP contribution in [0.2, 0.25) is 0 Å². The second-order valence-corrected chi connectivity index (χ2v) is 5.06. The molecule has 1 saturated carbocycles. The highest BCUT2D eigenvalue weighted by atomic mass is 16.2. The van der Waals surface area contributed by atoms with Crippen molar-refractivity contribution in [1.82, 2.24) is 20.4 Å². The fraction of sp³-hybridized carbons (Fsp3) is 0.692. The molecule has 2 rings (SSSR count). The number of nitrogens with zero attached hydrogens (tertiary/aromatic N) is 2. The average Bonchev–Trinajstić information content (AvgIpc) is 2.99. The average molecular weight is 250 g/mol. The van der Waals surface area contributed by atoms with Crippen LogP contribution in [0.1, 0.15) is 37.3 Å². The summed E-state index contributed by atoms with van der Waals surface area (Å²) in [7, 11) is 3.65. The summed E-state index contributed by atoms with van der Waals surface area (Å²) in [5.41, 5.74) is 0.906. The Hall–Kier alpha value is -1.36. The van der Waals surface area contributed by atoms with Crippen LogP contribution in [0.15, 0.2) is 12.4 Å². The number of carbonyl (C=O) groups is 1. The summed E-state index contributed by atoms with van der Waals surface area (Å²) in [6, 6.07) is -0.305. The van der Waals surface area contributed by atoms with Crippen molar-refractivity contribution in [3.05, 3.63) is 18.0 Å². The molecule has 1 aromatic rings. The van der Waals surface area contributed by atoms with Crippen LogP contribution in [-0.4, -0.2) is 29.3 Å². The number of nitrogens with one attached hydrogen (secondary N) is 2. The minimum Gasteiger partial charge on any atom is -0.354 e. The van der Waals surface area contributed by atoms with Gasteiger partial charge in [0, 0.05) is 25.4 Å². The first-order valence-electron chi connectivity index (χ1n) is 6.64. The second-order valence-electron chi connectivity index (χ2n) is 5.06. The van der Waals surface area contributed by atoms with Crippen molar-refractivity contribution >= 4 is 5.91 Å². The van der Waals surface area contributed by atoms with Gasteiger partial charge in [0.05, 0.1) is 6.20 Å². The smallest absolute Gasteiger partial charge is 0.241 e. The molecule has 5 nitrogen and oxygen atoms in total. The molecule has 100 valence electrons. The minimum atomic E-state index is -0.305. The lowest BCUT2D eigenvalue weighted by atomic mass is 10.1. The maximum atomic E-state index is 12.1. The van der Waals surface area contributed by atoms with Crippen molar-refractivity contribution in [3.63, 3.8) is 0 Å². The molecule has 5 heteroatoms. The van der Waals surface area contributed by atoms with Crippen molar-refractivity contribution in [2.75, 3.05) is 13.6 Å². The van der Waals surface area contributed by atoms with E-state index in [1.807, 2.05) is 13.2 Å². The van der Waals surface area contributed by atoms with Gasteiger partial charge in [-0.05, 0) is 25.8 Å². The van der Waals surface area contributed by atoms with Crippen molar-refractivity contribution < 1.29 is 4.79 Å². The first-order chi connectivity index (χ1) is 8.70. The largest absolute Gasteiger partial charge is 0.354 e. The molecule has 0 spiro atoms. The minimum absolute atomic E-state index is 0.0393. The molecule has 1 fully saturated rings. The third kappa shape index (κ3) is 3.10. The topological polar surface area (TPSA) is 59.0 Å². The van der Waals surface area contributed by atoms with Crippen LogP contribution in [0.5, 0.6) is 0 Å². The molecule has 1 aromatic heterocycles. The molecule has 0 radical (unpaired) electrons. The van der Waals surface area contributed by atoms with Crippen LogP contribution in [0.4, 0.5) is 0 Å². The Morgan fingerprint density at radius 2 is 2.28 bits per heavy atom. The number of likely N-dealkylation sites (N-methyl/N-ethyl adjacent to an activating group) is 1. The number of amides is 1. The third-order valence-corrected chi connectivity index (χ3v) is 3.65. The van der Waals surface area contributed by atoms with E-state index in [-0.39, 0.29) is 11.9 Å². The van der Waals surface area contributed by atoms with Gasteiger partial charge in [-0.2, -0.15) is 5.10 Å². The Labute approximate surface area is 108 Å². The van der Waals surface area contributed by atoms with Crippen LogP contribution < -0.4 is 10.6 Å². The van der Waals surface area contributed by atoms with E-state index in [9.17, 15) is 4.79 Å². The van der Waals surface area contributed by atoms with Gasteiger partial charge in [-0.1, -0.05) is 12.8 Å². The Kier molecular flexibility index (Phi) is 4.36. The number of rotatable bonds is 5. The molecule has 0 saturated heterocycles. The number of aryl methyl sites for hydroxylation is 1. The van der Waals surface area contributed by atoms with Crippen molar-refractivity contribution in [1.29, 1.82) is 0 Å². The van der Waals surface area contributed by atoms with Gasteiger partial charge in [0.15, 0.2) is 0 Å². The number of hydrogen-bond acceptors (Lipinski definition) is 3. The monoisotopic (exact) mass is 250 g/mol. The standard InChI is InChI=1S/C13H22N4O/c1-14-12(11-8-16-17(2)9-11)13(18)15-7-10-5-3-4-6-10/h8-10,12,14H,3-7H2,1-2H3,(H,15,18). The second kappa shape index (κ2) is 6.00. The van der Waals surface area contributed by atoms with Gasteiger partial charge in [0.2, 0.25) is 5.91 Å². The Morgan fingerprint density at radius 3 is 2.83 bits per heavy atom. The Bertz CT molecular complexity index is 395. The highest BCUT2D eigenvalue weighted by Crippen LogP contribution is 2.24. The zero-order valence-electron chi connectivity index (χ0n) is 11.1. The SMILES string of the molecule is CNC(C(=O)NCC1CCCC1)c1cnn(C)c1. The highest BCUT2D eigenvalue weighted by Gasteiger charge is 2.22. The molecular formula is C13H22N4O. The van der Waals surface area contributed by atoms with E-state index in [4.69, 9.17) is 0 Å². The van der Waals surface area contributed by atoms with E-state index in [2.05, 4.69) is 15.7 Å². The normalized spacial score (nSPS) is 17.9. The summed E-state index contributed by atoms with van der Waals surface area (Å²) in [5.74, 6) is 0.706. The van der Waals surface area contributed by atoms with Gasteiger partial charge in [0.25, 0.3) is 0 Å². The van der Waals surface area contributed by atoms with E-state index < -0.39 is 0 Å². The van der Waals surface area contributed by atoms with Crippen LogP contribution in [0.3, 0.4) is 0 Å². The number of carbonyl (C=O) groups excluding carboxylic acids is 1. The van der Waals surface area contributed by atoms with Crippen molar-refractivity contribution in [2.24, 2.45) is 13.0 Å². The summed E-state index contributed by atoms with van der Waals surface area (Å²) in [6.07, 6.45) is 8.71. The van der Waals surface area contributed by atoms with E-state index in [1.165, 1.54) is 25.7 Å². The molecule has 2 N–H and O–H groups in total. The molecule has 1 atom stereocenters. The maximum absolute atomic E-state index is 12.1. The first-order valence-corrected chi connectivity index (χ1v) is 6.64. The zero-order valence-corrected chi connectivity index (χ0v) is 11.1. The Morgan fingerprint density at radius 1 is 1.56 bits per heavy atom. The molecule has 0 aromatic carbocycles. The highest BCUT2D eigenvalue weighted by molar-refractivity contribution is 5.83. The van der Waals surface area contributed by atoms with E-state index in [1.54, 1.807) is 17.9 Å². The molecule has 1 aliphatic rings. The summed E-state index contributed by atoms with van der Waals surface area (Å²) in [6.45, 7) is 0.803. The predicted molar refractivity (Wildman–Crippen MR) is 70.0 cm³/mol.